The summed E-state index contributed by atoms with van der Waals surface area (Å²) in [7, 11) is 0. The van der Waals surface area contributed by atoms with Crippen LogP contribution in [0.25, 0.3) is 0 Å². The average Bonchev–Trinajstić information content (AvgIpc) is 2.62. The molecule has 23 heavy (non-hydrogen) atoms. The predicted molar refractivity (Wildman–Crippen MR) is 94.7 cm³/mol. The maximum atomic E-state index is 12.3. The summed E-state index contributed by atoms with van der Waals surface area (Å²) in [5.74, 6) is -0.0715. The standard InChI is InChI=1S/C21H19NO/c23-21(19-12-5-2-6-13-19)22-20-14-8-7-11-18(20)16-15-17-9-3-1-4-10-17/h1-14H,15-16H2,(H,22,23). The van der Waals surface area contributed by atoms with Gasteiger partial charge in [-0.05, 0) is 42.2 Å². The molecule has 3 rings (SSSR count). The number of carbonyl (C=O) groups is 1. The molecule has 3 aromatic carbocycles. The van der Waals surface area contributed by atoms with Crippen molar-refractivity contribution in [1.82, 2.24) is 0 Å². The molecule has 114 valence electrons. The lowest BCUT2D eigenvalue weighted by molar-refractivity contribution is 0.102. The molecule has 0 aliphatic carbocycles. The number of hydrogen-bond donors (Lipinski definition) is 1. The Hall–Kier alpha value is -2.87. The zero-order valence-corrected chi connectivity index (χ0v) is 12.9. The quantitative estimate of drug-likeness (QED) is 0.725. The Morgan fingerprint density at radius 1 is 0.696 bits per heavy atom. The summed E-state index contributed by atoms with van der Waals surface area (Å²) in [5.41, 5.74) is 4.01. The summed E-state index contributed by atoms with van der Waals surface area (Å²) < 4.78 is 0. The van der Waals surface area contributed by atoms with Crippen molar-refractivity contribution in [2.75, 3.05) is 5.32 Å². The highest BCUT2D eigenvalue weighted by Gasteiger charge is 2.08. The van der Waals surface area contributed by atoms with Gasteiger partial charge in [-0.25, -0.2) is 0 Å². The lowest BCUT2D eigenvalue weighted by Gasteiger charge is -2.11. The van der Waals surface area contributed by atoms with Crippen molar-refractivity contribution in [1.29, 1.82) is 0 Å². The van der Waals surface area contributed by atoms with Crippen LogP contribution in [0.5, 0.6) is 0 Å². The number of nitrogens with one attached hydrogen (secondary N) is 1. The molecule has 1 amide bonds. The molecule has 0 spiro atoms. The van der Waals surface area contributed by atoms with Crippen molar-refractivity contribution in [3.8, 4) is 0 Å². The summed E-state index contributed by atoms with van der Waals surface area (Å²) in [6.07, 6.45) is 1.86. The maximum absolute atomic E-state index is 12.3. The molecule has 0 radical (unpaired) electrons. The Bertz CT molecular complexity index is 766. The first-order valence-electron chi connectivity index (χ1n) is 7.81. The Morgan fingerprint density at radius 3 is 2.04 bits per heavy atom. The second kappa shape index (κ2) is 7.41. The van der Waals surface area contributed by atoms with E-state index in [1.54, 1.807) is 0 Å². The van der Waals surface area contributed by atoms with Gasteiger partial charge in [0.2, 0.25) is 0 Å². The lowest BCUT2D eigenvalue weighted by Crippen LogP contribution is -2.13. The van der Waals surface area contributed by atoms with Crippen LogP contribution < -0.4 is 5.32 Å². The monoisotopic (exact) mass is 301 g/mol. The average molecular weight is 301 g/mol. The number of rotatable bonds is 5. The molecule has 0 aromatic heterocycles. The van der Waals surface area contributed by atoms with Gasteiger partial charge in [-0.2, -0.15) is 0 Å². The van der Waals surface area contributed by atoms with E-state index in [-0.39, 0.29) is 5.91 Å². The molecule has 0 saturated heterocycles. The van der Waals surface area contributed by atoms with E-state index in [1.807, 2.05) is 54.6 Å². The van der Waals surface area contributed by atoms with Crippen LogP contribution in [0.1, 0.15) is 21.5 Å². The molecule has 0 unspecified atom stereocenters. The van der Waals surface area contributed by atoms with E-state index in [2.05, 4.69) is 35.6 Å². The van der Waals surface area contributed by atoms with E-state index in [1.165, 1.54) is 5.56 Å². The van der Waals surface area contributed by atoms with Crippen LogP contribution in [-0.2, 0) is 12.8 Å². The van der Waals surface area contributed by atoms with Crippen LogP contribution in [-0.4, -0.2) is 5.91 Å². The summed E-state index contributed by atoms with van der Waals surface area (Å²) >= 11 is 0. The minimum absolute atomic E-state index is 0.0715. The molecule has 0 aliphatic heterocycles. The van der Waals surface area contributed by atoms with E-state index < -0.39 is 0 Å². The normalized spacial score (nSPS) is 10.3. The molecular formula is C21H19NO. The highest BCUT2D eigenvalue weighted by molar-refractivity contribution is 6.04. The Morgan fingerprint density at radius 2 is 1.30 bits per heavy atom. The molecule has 2 nitrogen and oxygen atoms in total. The number of anilines is 1. The van der Waals surface area contributed by atoms with E-state index in [4.69, 9.17) is 0 Å². The van der Waals surface area contributed by atoms with Crippen LogP contribution in [0.4, 0.5) is 5.69 Å². The molecule has 0 heterocycles. The third-order valence-electron chi connectivity index (χ3n) is 3.83. The van der Waals surface area contributed by atoms with Gasteiger partial charge >= 0.3 is 0 Å². The first-order chi connectivity index (χ1) is 11.3. The number of aryl methyl sites for hydroxylation is 2. The van der Waals surface area contributed by atoms with Gasteiger partial charge in [0.25, 0.3) is 5.91 Å². The number of carbonyl (C=O) groups excluding carboxylic acids is 1. The van der Waals surface area contributed by atoms with E-state index >= 15 is 0 Å². The highest BCUT2D eigenvalue weighted by atomic mass is 16.1. The largest absolute Gasteiger partial charge is 0.322 e. The van der Waals surface area contributed by atoms with Crippen LogP contribution >= 0.6 is 0 Å². The van der Waals surface area contributed by atoms with Gasteiger partial charge in [0.1, 0.15) is 0 Å². The second-order valence-electron chi connectivity index (χ2n) is 5.46. The fourth-order valence-electron chi connectivity index (χ4n) is 2.57. The van der Waals surface area contributed by atoms with Crippen LogP contribution in [0.15, 0.2) is 84.9 Å². The van der Waals surface area contributed by atoms with E-state index in [0.717, 1.165) is 24.1 Å². The summed E-state index contributed by atoms with van der Waals surface area (Å²) in [4.78, 5) is 12.3. The third-order valence-corrected chi connectivity index (χ3v) is 3.83. The highest BCUT2D eigenvalue weighted by Crippen LogP contribution is 2.18. The molecule has 3 aromatic rings. The number of para-hydroxylation sites is 1. The zero-order chi connectivity index (χ0) is 15.9. The van der Waals surface area contributed by atoms with E-state index in [9.17, 15) is 4.79 Å². The van der Waals surface area contributed by atoms with Crippen molar-refractivity contribution in [2.24, 2.45) is 0 Å². The summed E-state index contributed by atoms with van der Waals surface area (Å²) in [6, 6.07) is 27.7. The molecule has 0 saturated carbocycles. The third kappa shape index (κ3) is 4.07. The van der Waals surface area contributed by atoms with Gasteiger partial charge in [0.15, 0.2) is 0 Å². The molecular weight excluding hydrogens is 282 g/mol. The molecule has 0 fully saturated rings. The fraction of sp³-hybridized carbons (Fsp3) is 0.0952. The Balaban J connectivity index is 1.72. The molecule has 0 aliphatic rings. The smallest absolute Gasteiger partial charge is 0.255 e. The van der Waals surface area contributed by atoms with Crippen LogP contribution in [0.3, 0.4) is 0 Å². The predicted octanol–water partition coefficient (Wildman–Crippen LogP) is 4.72. The van der Waals surface area contributed by atoms with Crippen LogP contribution in [0, 0.1) is 0 Å². The van der Waals surface area contributed by atoms with Gasteiger partial charge in [0, 0.05) is 11.3 Å². The van der Waals surface area contributed by atoms with Gasteiger partial charge in [0.05, 0.1) is 0 Å². The van der Waals surface area contributed by atoms with E-state index in [0.29, 0.717) is 5.56 Å². The van der Waals surface area contributed by atoms with Crippen LogP contribution in [0.2, 0.25) is 0 Å². The molecule has 1 N–H and O–H groups in total. The molecule has 0 atom stereocenters. The summed E-state index contributed by atoms with van der Waals surface area (Å²) in [5, 5.41) is 3.02. The molecule has 2 heteroatoms. The van der Waals surface area contributed by atoms with Gasteiger partial charge in [-0.1, -0.05) is 66.7 Å². The lowest BCUT2D eigenvalue weighted by atomic mass is 10.0. The zero-order valence-electron chi connectivity index (χ0n) is 12.9. The van der Waals surface area contributed by atoms with Gasteiger partial charge in [-0.3, -0.25) is 4.79 Å². The topological polar surface area (TPSA) is 29.1 Å². The number of hydrogen-bond acceptors (Lipinski definition) is 1. The van der Waals surface area contributed by atoms with Crippen molar-refractivity contribution >= 4 is 11.6 Å². The maximum Gasteiger partial charge on any atom is 0.255 e. The second-order valence-corrected chi connectivity index (χ2v) is 5.46. The first kappa shape index (κ1) is 15.0. The van der Waals surface area contributed by atoms with Gasteiger partial charge in [-0.15, -0.1) is 0 Å². The van der Waals surface area contributed by atoms with Crippen molar-refractivity contribution in [3.05, 3.63) is 102 Å². The SMILES string of the molecule is O=C(Nc1ccccc1CCc1ccccc1)c1ccccc1. The fourth-order valence-corrected chi connectivity index (χ4v) is 2.57. The molecule has 0 bridgehead atoms. The minimum Gasteiger partial charge on any atom is -0.322 e. The van der Waals surface area contributed by atoms with Crippen molar-refractivity contribution in [3.63, 3.8) is 0 Å². The minimum atomic E-state index is -0.0715. The Kier molecular flexibility index (Phi) is 4.85. The number of amides is 1. The Labute approximate surface area is 136 Å². The van der Waals surface area contributed by atoms with Gasteiger partial charge < -0.3 is 5.32 Å². The van der Waals surface area contributed by atoms with Crippen molar-refractivity contribution in [2.45, 2.75) is 12.8 Å². The van der Waals surface area contributed by atoms with Crippen molar-refractivity contribution < 1.29 is 4.79 Å². The first-order valence-corrected chi connectivity index (χ1v) is 7.81. The summed E-state index contributed by atoms with van der Waals surface area (Å²) in [6.45, 7) is 0. The number of benzene rings is 3.